The van der Waals surface area contributed by atoms with Gasteiger partial charge in [0.1, 0.15) is 0 Å². The Labute approximate surface area is 110 Å². The van der Waals surface area contributed by atoms with E-state index in [9.17, 15) is 9.59 Å². The van der Waals surface area contributed by atoms with Crippen molar-refractivity contribution in [3.63, 3.8) is 0 Å². The number of nitrogens with zero attached hydrogens (tertiary/aromatic N) is 1. The molecule has 0 aliphatic rings. The molecule has 0 fully saturated rings. The summed E-state index contributed by atoms with van der Waals surface area (Å²) in [7, 11) is 0. The molecule has 2 N–H and O–H groups in total. The highest BCUT2D eigenvalue weighted by Crippen LogP contribution is 2.23. The zero-order chi connectivity index (χ0) is 13.7. The standard InChI is InChI=1S/C12H15ClN2O3/c1-3-15(4-2)12(18)14-10-6-5-8(11(16)17)7-9(10)13/h5-7H,3-4H2,1-2H3,(H,14,18)(H,16,17). The van der Waals surface area contributed by atoms with Crippen LogP contribution in [0.5, 0.6) is 0 Å². The normalized spacial score (nSPS) is 9.94. The molecule has 0 saturated heterocycles. The zero-order valence-corrected chi connectivity index (χ0v) is 11.0. The molecule has 1 aromatic rings. The highest BCUT2D eigenvalue weighted by Gasteiger charge is 2.12. The Balaban J connectivity index is 2.86. The number of hydrogen-bond donors (Lipinski definition) is 2. The van der Waals surface area contributed by atoms with Crippen LogP contribution in [0.4, 0.5) is 10.5 Å². The van der Waals surface area contributed by atoms with Crippen molar-refractivity contribution >= 4 is 29.3 Å². The van der Waals surface area contributed by atoms with Gasteiger partial charge in [0.05, 0.1) is 16.3 Å². The maximum Gasteiger partial charge on any atom is 0.335 e. The summed E-state index contributed by atoms with van der Waals surface area (Å²) in [4.78, 5) is 24.1. The molecule has 0 aliphatic carbocycles. The number of aromatic carboxylic acids is 1. The van der Waals surface area contributed by atoms with Crippen molar-refractivity contribution in [3.05, 3.63) is 28.8 Å². The number of urea groups is 1. The monoisotopic (exact) mass is 270 g/mol. The van der Waals surface area contributed by atoms with Crippen LogP contribution in [0.15, 0.2) is 18.2 Å². The van der Waals surface area contributed by atoms with Gasteiger partial charge >= 0.3 is 12.0 Å². The maximum atomic E-state index is 11.8. The fraction of sp³-hybridized carbons (Fsp3) is 0.333. The third-order valence-electron chi connectivity index (χ3n) is 2.51. The first-order chi connectivity index (χ1) is 8.49. The molecule has 0 heterocycles. The topological polar surface area (TPSA) is 69.6 Å². The second kappa shape index (κ2) is 6.26. The number of halogens is 1. The van der Waals surface area contributed by atoms with Gasteiger partial charge in [-0.1, -0.05) is 11.6 Å². The quantitative estimate of drug-likeness (QED) is 0.884. The summed E-state index contributed by atoms with van der Waals surface area (Å²) < 4.78 is 0. The molecular formula is C12H15ClN2O3. The first kappa shape index (κ1) is 14.3. The van der Waals surface area contributed by atoms with E-state index in [1.54, 1.807) is 4.90 Å². The third kappa shape index (κ3) is 3.37. The van der Waals surface area contributed by atoms with Crippen LogP contribution in [0.3, 0.4) is 0 Å². The number of anilines is 1. The number of carboxylic acid groups (broad SMARTS) is 1. The van der Waals surface area contributed by atoms with Gasteiger partial charge in [0.2, 0.25) is 0 Å². The van der Waals surface area contributed by atoms with E-state index >= 15 is 0 Å². The summed E-state index contributed by atoms with van der Waals surface area (Å²) in [5, 5.41) is 11.6. The Morgan fingerprint density at radius 3 is 2.39 bits per heavy atom. The molecule has 1 aromatic carbocycles. The highest BCUT2D eigenvalue weighted by atomic mass is 35.5. The molecule has 0 aliphatic heterocycles. The summed E-state index contributed by atoms with van der Waals surface area (Å²) in [6, 6.07) is 3.92. The van der Waals surface area contributed by atoms with E-state index in [1.165, 1.54) is 18.2 Å². The van der Waals surface area contributed by atoms with E-state index in [4.69, 9.17) is 16.7 Å². The molecule has 6 heteroatoms. The molecule has 0 unspecified atom stereocenters. The molecule has 18 heavy (non-hydrogen) atoms. The van der Waals surface area contributed by atoms with Crippen molar-refractivity contribution in [1.82, 2.24) is 4.90 Å². The summed E-state index contributed by atoms with van der Waals surface area (Å²) >= 11 is 5.91. The van der Waals surface area contributed by atoms with Gasteiger partial charge in [0.25, 0.3) is 0 Å². The number of nitrogens with one attached hydrogen (secondary N) is 1. The lowest BCUT2D eigenvalue weighted by atomic mass is 10.2. The minimum atomic E-state index is -1.06. The molecular weight excluding hydrogens is 256 g/mol. The van der Waals surface area contributed by atoms with Gasteiger partial charge in [-0.3, -0.25) is 0 Å². The van der Waals surface area contributed by atoms with E-state index in [-0.39, 0.29) is 16.6 Å². The molecule has 0 spiro atoms. The summed E-state index contributed by atoms with van der Waals surface area (Å²) in [6.45, 7) is 4.93. The van der Waals surface area contributed by atoms with Gasteiger partial charge in [0, 0.05) is 13.1 Å². The fourth-order valence-electron chi connectivity index (χ4n) is 1.45. The second-order valence-electron chi connectivity index (χ2n) is 3.60. The predicted octanol–water partition coefficient (Wildman–Crippen LogP) is 2.91. The van der Waals surface area contributed by atoms with Crippen LogP contribution < -0.4 is 5.32 Å². The number of benzene rings is 1. The lowest BCUT2D eigenvalue weighted by molar-refractivity contribution is 0.0697. The van der Waals surface area contributed by atoms with Crippen LogP contribution in [0.25, 0.3) is 0 Å². The molecule has 1 rings (SSSR count). The van der Waals surface area contributed by atoms with E-state index in [1.807, 2.05) is 13.8 Å². The molecule has 0 bridgehead atoms. The first-order valence-corrected chi connectivity index (χ1v) is 5.96. The maximum absolute atomic E-state index is 11.8. The SMILES string of the molecule is CCN(CC)C(=O)Nc1ccc(C(=O)O)cc1Cl. The Morgan fingerprint density at radius 2 is 1.94 bits per heavy atom. The molecule has 5 nitrogen and oxygen atoms in total. The lowest BCUT2D eigenvalue weighted by Crippen LogP contribution is -2.34. The Bertz CT molecular complexity index is 459. The number of carbonyl (C=O) groups is 2. The average Bonchev–Trinajstić information content (AvgIpc) is 2.33. The van der Waals surface area contributed by atoms with Crippen LogP contribution in [0.1, 0.15) is 24.2 Å². The van der Waals surface area contributed by atoms with Crippen molar-refractivity contribution in [2.24, 2.45) is 0 Å². The van der Waals surface area contributed by atoms with E-state index in [0.717, 1.165) is 0 Å². The van der Waals surface area contributed by atoms with Gasteiger partial charge in [-0.25, -0.2) is 9.59 Å². The van der Waals surface area contributed by atoms with Crippen LogP contribution >= 0.6 is 11.6 Å². The highest BCUT2D eigenvalue weighted by molar-refractivity contribution is 6.34. The summed E-state index contributed by atoms with van der Waals surface area (Å²) in [5.41, 5.74) is 0.486. The Hall–Kier alpha value is -1.75. The molecule has 0 radical (unpaired) electrons. The van der Waals surface area contributed by atoms with Crippen molar-refractivity contribution in [1.29, 1.82) is 0 Å². The lowest BCUT2D eigenvalue weighted by Gasteiger charge is -2.19. The van der Waals surface area contributed by atoms with E-state index in [2.05, 4.69) is 5.32 Å². The Kier molecular flexibility index (Phi) is 4.97. The van der Waals surface area contributed by atoms with Crippen molar-refractivity contribution in [2.75, 3.05) is 18.4 Å². The van der Waals surface area contributed by atoms with Crippen LogP contribution in [0, 0.1) is 0 Å². The first-order valence-electron chi connectivity index (χ1n) is 5.58. The van der Waals surface area contributed by atoms with Gasteiger partial charge in [0.15, 0.2) is 0 Å². The minimum absolute atomic E-state index is 0.0841. The molecule has 0 atom stereocenters. The molecule has 2 amide bonds. The van der Waals surface area contributed by atoms with Crippen molar-refractivity contribution in [3.8, 4) is 0 Å². The number of hydrogen-bond acceptors (Lipinski definition) is 2. The number of amides is 2. The van der Waals surface area contributed by atoms with Crippen molar-refractivity contribution < 1.29 is 14.7 Å². The number of rotatable bonds is 4. The number of carboxylic acids is 1. The van der Waals surface area contributed by atoms with Crippen molar-refractivity contribution in [2.45, 2.75) is 13.8 Å². The largest absolute Gasteiger partial charge is 0.478 e. The minimum Gasteiger partial charge on any atom is -0.478 e. The second-order valence-corrected chi connectivity index (χ2v) is 4.01. The van der Waals surface area contributed by atoms with Crippen LogP contribution in [-0.2, 0) is 0 Å². The summed E-state index contributed by atoms with van der Waals surface area (Å²) in [5.74, 6) is -1.06. The molecule has 0 saturated carbocycles. The van der Waals surface area contributed by atoms with Crippen LogP contribution in [0.2, 0.25) is 5.02 Å². The molecule has 98 valence electrons. The van der Waals surface area contributed by atoms with Gasteiger partial charge in [-0.15, -0.1) is 0 Å². The van der Waals surface area contributed by atoms with Gasteiger partial charge in [-0.2, -0.15) is 0 Å². The van der Waals surface area contributed by atoms with Crippen LogP contribution in [-0.4, -0.2) is 35.1 Å². The fourth-order valence-corrected chi connectivity index (χ4v) is 1.68. The zero-order valence-electron chi connectivity index (χ0n) is 10.2. The number of carbonyl (C=O) groups excluding carboxylic acids is 1. The van der Waals surface area contributed by atoms with E-state index < -0.39 is 5.97 Å². The third-order valence-corrected chi connectivity index (χ3v) is 2.82. The van der Waals surface area contributed by atoms with E-state index in [0.29, 0.717) is 18.8 Å². The summed E-state index contributed by atoms with van der Waals surface area (Å²) in [6.07, 6.45) is 0. The smallest absolute Gasteiger partial charge is 0.335 e. The van der Waals surface area contributed by atoms with Gasteiger partial charge < -0.3 is 15.3 Å². The Morgan fingerprint density at radius 1 is 1.33 bits per heavy atom. The molecule has 0 aromatic heterocycles. The van der Waals surface area contributed by atoms with Gasteiger partial charge in [-0.05, 0) is 32.0 Å². The average molecular weight is 271 g/mol. The predicted molar refractivity (Wildman–Crippen MR) is 70.4 cm³/mol.